The fraction of sp³-hybridized carbons (Fsp3) is 0.389. The lowest BCUT2D eigenvalue weighted by molar-refractivity contribution is -0.275. The number of aromatic nitrogens is 1. The molecule has 1 aromatic heterocycles. The van der Waals surface area contributed by atoms with Crippen molar-refractivity contribution in [2.24, 2.45) is 12.0 Å². The molecule has 0 saturated heterocycles. The Morgan fingerprint density at radius 3 is 2.41 bits per heavy atom. The number of benzene rings is 1. The van der Waals surface area contributed by atoms with E-state index in [0.717, 1.165) is 17.7 Å². The van der Waals surface area contributed by atoms with Gasteiger partial charge in [-0.15, -0.1) is 13.2 Å². The third kappa shape index (κ3) is 5.22. The fourth-order valence-electron chi connectivity index (χ4n) is 3.05. The molecule has 1 aliphatic heterocycles. The first-order valence-electron chi connectivity index (χ1n) is 8.73. The molecule has 0 spiro atoms. The van der Waals surface area contributed by atoms with Crippen LogP contribution in [-0.4, -0.2) is 24.1 Å². The van der Waals surface area contributed by atoms with E-state index >= 15 is 0 Å². The smallest absolute Gasteiger partial charge is 0.490 e. The normalized spacial score (nSPS) is 17.2. The zero-order chi connectivity index (χ0) is 23.8. The van der Waals surface area contributed by atoms with Crippen LogP contribution in [0.2, 0.25) is 0 Å². The van der Waals surface area contributed by atoms with Crippen molar-refractivity contribution in [1.82, 2.24) is 4.57 Å². The summed E-state index contributed by atoms with van der Waals surface area (Å²) in [5.41, 5.74) is -1.75. The predicted molar refractivity (Wildman–Crippen MR) is 88.5 cm³/mol. The lowest BCUT2D eigenvalue weighted by atomic mass is 10.0. The van der Waals surface area contributed by atoms with Crippen molar-refractivity contribution >= 4 is 0 Å². The van der Waals surface area contributed by atoms with Crippen molar-refractivity contribution < 1.29 is 53.7 Å². The second kappa shape index (κ2) is 8.47. The molecule has 0 fully saturated rings. The standard InChI is InChI=1S/C18H13F9N2O3/c1-29-7-8(17(22,23)24)6-12(31-16(20)21)15(29)28-10-4-5-30-14-9(10)2-3-11(13(14)19)32-18(25,26)27/h2-3,6-7,10,16H,4-5H2,1H3/b28-15-. The first-order chi connectivity index (χ1) is 14.8. The van der Waals surface area contributed by atoms with Crippen LogP contribution in [0.25, 0.3) is 0 Å². The van der Waals surface area contributed by atoms with Crippen LogP contribution in [0, 0.1) is 5.82 Å². The van der Waals surface area contributed by atoms with Gasteiger partial charge in [-0.05, 0) is 18.2 Å². The quantitative estimate of drug-likeness (QED) is 0.577. The van der Waals surface area contributed by atoms with Gasteiger partial charge in [0.1, 0.15) is 0 Å². The number of aryl methyl sites for hydroxylation is 1. The van der Waals surface area contributed by atoms with Gasteiger partial charge in [-0.3, -0.25) is 4.99 Å². The van der Waals surface area contributed by atoms with Crippen LogP contribution in [0.3, 0.4) is 0 Å². The van der Waals surface area contributed by atoms with Gasteiger partial charge in [0.15, 0.2) is 22.7 Å². The van der Waals surface area contributed by atoms with E-state index in [1.165, 1.54) is 0 Å². The Labute approximate surface area is 173 Å². The Balaban J connectivity index is 2.11. The monoisotopic (exact) mass is 476 g/mol. The molecule has 0 radical (unpaired) electrons. The van der Waals surface area contributed by atoms with E-state index in [1.807, 2.05) is 0 Å². The van der Waals surface area contributed by atoms with Crippen LogP contribution in [-0.2, 0) is 13.2 Å². The number of alkyl halides is 8. The van der Waals surface area contributed by atoms with Crippen LogP contribution in [0.5, 0.6) is 17.2 Å². The maximum absolute atomic E-state index is 14.5. The Morgan fingerprint density at radius 2 is 1.81 bits per heavy atom. The van der Waals surface area contributed by atoms with Crippen molar-refractivity contribution in [2.75, 3.05) is 6.61 Å². The summed E-state index contributed by atoms with van der Waals surface area (Å²) in [5, 5.41) is 0. The minimum absolute atomic E-state index is 0.0288. The van der Waals surface area contributed by atoms with Gasteiger partial charge in [-0.25, -0.2) is 0 Å². The molecule has 2 heterocycles. The number of hydrogen-bond donors (Lipinski definition) is 0. The van der Waals surface area contributed by atoms with Crippen molar-refractivity contribution in [3.05, 3.63) is 46.8 Å². The third-order valence-electron chi connectivity index (χ3n) is 4.31. The number of halogens is 9. The molecular formula is C18H13F9N2O3. The molecule has 0 bridgehead atoms. The van der Waals surface area contributed by atoms with Crippen LogP contribution >= 0.6 is 0 Å². The molecule has 176 valence electrons. The molecule has 1 atom stereocenters. The summed E-state index contributed by atoms with van der Waals surface area (Å²) in [4.78, 5) is 4.11. The second-order valence-electron chi connectivity index (χ2n) is 6.53. The van der Waals surface area contributed by atoms with Crippen molar-refractivity contribution in [3.63, 3.8) is 0 Å². The highest BCUT2D eigenvalue weighted by Gasteiger charge is 2.35. The second-order valence-corrected chi connectivity index (χ2v) is 6.53. The zero-order valence-electron chi connectivity index (χ0n) is 15.9. The van der Waals surface area contributed by atoms with Gasteiger partial charge in [-0.1, -0.05) is 0 Å². The van der Waals surface area contributed by atoms with E-state index in [9.17, 15) is 39.5 Å². The number of fused-ring (bicyclic) bond motifs is 1. The summed E-state index contributed by atoms with van der Waals surface area (Å²) in [6.45, 7) is -3.68. The fourth-order valence-corrected chi connectivity index (χ4v) is 3.05. The lowest BCUT2D eigenvalue weighted by Gasteiger charge is -2.25. The molecule has 32 heavy (non-hydrogen) atoms. The largest absolute Gasteiger partial charge is 0.573 e. The molecule has 14 heteroatoms. The minimum Gasteiger partial charge on any atom is -0.490 e. The Morgan fingerprint density at radius 1 is 1.12 bits per heavy atom. The Kier molecular flexibility index (Phi) is 6.24. The van der Waals surface area contributed by atoms with E-state index in [2.05, 4.69) is 14.5 Å². The van der Waals surface area contributed by atoms with E-state index in [4.69, 9.17) is 4.74 Å². The minimum atomic E-state index is -5.16. The molecule has 1 unspecified atom stereocenters. The van der Waals surface area contributed by atoms with Gasteiger partial charge in [0.05, 0.1) is 18.2 Å². The SMILES string of the molecule is Cn1cc(C(F)(F)F)cc(OC(F)F)/c1=N/C1CCOc2c1ccc(OC(F)(F)F)c2F. The topological polar surface area (TPSA) is 45.0 Å². The van der Waals surface area contributed by atoms with Crippen molar-refractivity contribution in [2.45, 2.75) is 31.6 Å². The highest BCUT2D eigenvalue weighted by Crippen LogP contribution is 2.41. The van der Waals surface area contributed by atoms with Crippen LogP contribution < -0.4 is 19.7 Å². The molecule has 0 N–H and O–H groups in total. The van der Waals surface area contributed by atoms with Crippen LogP contribution in [0.1, 0.15) is 23.6 Å². The number of hydrogen-bond acceptors (Lipinski definition) is 4. The highest BCUT2D eigenvalue weighted by atomic mass is 19.4. The van der Waals surface area contributed by atoms with E-state index in [1.54, 1.807) is 0 Å². The Bertz CT molecular complexity index is 1060. The average molecular weight is 476 g/mol. The summed E-state index contributed by atoms with van der Waals surface area (Å²) in [7, 11) is 1.10. The van der Waals surface area contributed by atoms with E-state index in [-0.39, 0.29) is 18.6 Å². The zero-order valence-corrected chi connectivity index (χ0v) is 15.9. The molecule has 5 nitrogen and oxygen atoms in total. The first-order valence-corrected chi connectivity index (χ1v) is 8.73. The summed E-state index contributed by atoms with van der Waals surface area (Å²) in [6.07, 6.45) is -9.40. The molecular weight excluding hydrogens is 463 g/mol. The molecule has 2 aromatic rings. The molecule has 0 aliphatic carbocycles. The van der Waals surface area contributed by atoms with Gasteiger partial charge >= 0.3 is 19.2 Å². The molecule has 1 aliphatic rings. The average Bonchev–Trinajstić information content (AvgIpc) is 2.64. The highest BCUT2D eigenvalue weighted by molar-refractivity contribution is 5.45. The van der Waals surface area contributed by atoms with Crippen molar-refractivity contribution in [1.29, 1.82) is 0 Å². The van der Waals surface area contributed by atoms with Crippen LogP contribution in [0.4, 0.5) is 39.5 Å². The predicted octanol–water partition coefficient (Wildman–Crippen LogP) is 5.11. The third-order valence-corrected chi connectivity index (χ3v) is 4.31. The molecule has 1 aromatic carbocycles. The number of ether oxygens (including phenoxy) is 3. The van der Waals surface area contributed by atoms with Gasteiger partial charge in [0, 0.05) is 25.2 Å². The summed E-state index contributed by atoms with van der Waals surface area (Å²) < 4.78 is 130. The van der Waals surface area contributed by atoms with E-state index < -0.39 is 59.3 Å². The van der Waals surface area contributed by atoms with Gasteiger partial charge in [0.2, 0.25) is 5.82 Å². The summed E-state index contributed by atoms with van der Waals surface area (Å²) >= 11 is 0. The maximum atomic E-state index is 14.5. The summed E-state index contributed by atoms with van der Waals surface area (Å²) in [5.74, 6) is -4.10. The first kappa shape index (κ1) is 23.6. The van der Waals surface area contributed by atoms with Gasteiger partial charge in [0.25, 0.3) is 0 Å². The molecule has 0 amide bonds. The Hall–Kier alpha value is -3.06. The molecule has 3 rings (SSSR count). The number of nitrogens with zero attached hydrogens (tertiary/aromatic N) is 2. The summed E-state index contributed by atoms with van der Waals surface area (Å²) in [6, 6.07) is 1.01. The molecule has 0 saturated carbocycles. The van der Waals surface area contributed by atoms with Crippen molar-refractivity contribution in [3.8, 4) is 17.2 Å². The van der Waals surface area contributed by atoms with Gasteiger partial charge in [-0.2, -0.15) is 26.3 Å². The van der Waals surface area contributed by atoms with E-state index in [0.29, 0.717) is 18.3 Å². The number of pyridine rings is 1. The van der Waals surface area contributed by atoms with Crippen LogP contribution in [0.15, 0.2) is 29.4 Å². The maximum Gasteiger partial charge on any atom is 0.573 e. The number of rotatable bonds is 4. The lowest BCUT2D eigenvalue weighted by Crippen LogP contribution is -2.27. The van der Waals surface area contributed by atoms with Gasteiger partial charge < -0.3 is 18.8 Å².